The Kier molecular flexibility index (Phi) is 4.35. The van der Waals surface area contributed by atoms with E-state index in [4.69, 9.17) is 14.2 Å². The minimum absolute atomic E-state index is 0.284. The lowest BCUT2D eigenvalue weighted by Crippen LogP contribution is -2.25. The minimum atomic E-state index is -0.461. The smallest absolute Gasteiger partial charge is 0.341 e. The van der Waals surface area contributed by atoms with Gasteiger partial charge in [-0.1, -0.05) is 11.8 Å². The van der Waals surface area contributed by atoms with E-state index < -0.39 is 5.97 Å². The summed E-state index contributed by atoms with van der Waals surface area (Å²) in [4.78, 5) is 23.5. The fraction of sp³-hybridized carbons (Fsp3) is 0.267. The number of aromatic nitrogens is 2. The lowest BCUT2D eigenvalue weighted by Gasteiger charge is -2.30. The molecule has 0 bridgehead atoms. The molecule has 1 aromatic heterocycles. The van der Waals surface area contributed by atoms with E-state index in [1.54, 1.807) is 31.6 Å². The van der Waals surface area contributed by atoms with Crippen molar-refractivity contribution < 1.29 is 19.0 Å². The molecular formula is C15H15N3O4S. The minimum Gasteiger partial charge on any atom is -0.496 e. The number of nitrogens with zero attached hydrogens (tertiary/aromatic N) is 3. The third kappa shape index (κ3) is 2.71. The molecule has 0 spiro atoms. The topological polar surface area (TPSA) is 73.8 Å². The maximum Gasteiger partial charge on any atom is 0.341 e. The maximum atomic E-state index is 12.0. The van der Waals surface area contributed by atoms with E-state index in [-0.39, 0.29) is 6.73 Å². The molecule has 8 heteroatoms. The first kappa shape index (κ1) is 15.6. The highest BCUT2D eigenvalue weighted by Crippen LogP contribution is 2.48. The van der Waals surface area contributed by atoms with Crippen LogP contribution in [0.25, 0.3) is 0 Å². The van der Waals surface area contributed by atoms with E-state index in [1.165, 1.54) is 26.0 Å². The zero-order chi connectivity index (χ0) is 16.4. The number of hydrogen-bond acceptors (Lipinski definition) is 8. The first-order valence-corrected chi connectivity index (χ1v) is 7.57. The number of esters is 1. The summed E-state index contributed by atoms with van der Waals surface area (Å²) in [5.74, 6) is 0.678. The van der Waals surface area contributed by atoms with Crippen LogP contribution >= 0.6 is 11.8 Å². The highest BCUT2D eigenvalue weighted by atomic mass is 32.2. The molecule has 0 atom stereocenters. The van der Waals surface area contributed by atoms with Crippen LogP contribution in [0.15, 0.2) is 34.4 Å². The number of fused-ring (bicyclic) bond motifs is 2. The summed E-state index contributed by atoms with van der Waals surface area (Å²) in [7, 11) is 4.45. The van der Waals surface area contributed by atoms with Gasteiger partial charge in [-0.2, -0.15) is 0 Å². The van der Waals surface area contributed by atoms with Crippen molar-refractivity contribution in [2.75, 3.05) is 33.0 Å². The third-order valence-electron chi connectivity index (χ3n) is 3.34. The fourth-order valence-electron chi connectivity index (χ4n) is 2.33. The van der Waals surface area contributed by atoms with Crippen molar-refractivity contribution in [3.63, 3.8) is 0 Å². The van der Waals surface area contributed by atoms with Crippen molar-refractivity contribution in [3.8, 4) is 5.75 Å². The number of hydrogen-bond donors (Lipinski definition) is 0. The molecule has 1 aromatic carbocycles. The number of carbonyl (C=O) groups excluding carboxylic acids is 1. The molecule has 2 aromatic rings. The molecule has 0 saturated carbocycles. The Bertz CT molecular complexity index is 753. The van der Waals surface area contributed by atoms with Gasteiger partial charge in [0.15, 0.2) is 5.82 Å². The summed E-state index contributed by atoms with van der Waals surface area (Å²) in [6.45, 7) is 0.284. The van der Waals surface area contributed by atoms with E-state index in [0.29, 0.717) is 17.1 Å². The Balaban J connectivity index is 2.17. The van der Waals surface area contributed by atoms with Gasteiger partial charge < -0.3 is 14.2 Å². The van der Waals surface area contributed by atoms with E-state index >= 15 is 0 Å². The first-order chi connectivity index (χ1) is 11.2. The highest BCUT2D eigenvalue weighted by Gasteiger charge is 2.28. The van der Waals surface area contributed by atoms with Crippen LogP contribution < -0.4 is 9.64 Å². The molecule has 0 saturated heterocycles. The first-order valence-electron chi connectivity index (χ1n) is 6.75. The molecule has 0 aliphatic carbocycles. The zero-order valence-corrected chi connectivity index (χ0v) is 13.7. The summed E-state index contributed by atoms with van der Waals surface area (Å²) < 4.78 is 15.4. The molecule has 1 aliphatic rings. The van der Waals surface area contributed by atoms with E-state index in [9.17, 15) is 4.79 Å². The van der Waals surface area contributed by atoms with Gasteiger partial charge in [-0.25, -0.2) is 14.8 Å². The molecule has 7 nitrogen and oxygen atoms in total. The van der Waals surface area contributed by atoms with Gasteiger partial charge >= 0.3 is 5.97 Å². The molecule has 0 N–H and O–H groups in total. The van der Waals surface area contributed by atoms with Gasteiger partial charge in [0.2, 0.25) is 0 Å². The van der Waals surface area contributed by atoms with Crippen LogP contribution in [-0.2, 0) is 9.47 Å². The van der Waals surface area contributed by atoms with Gasteiger partial charge in [0.1, 0.15) is 23.1 Å². The molecule has 0 radical (unpaired) electrons. The van der Waals surface area contributed by atoms with E-state index in [0.717, 1.165) is 15.6 Å². The monoisotopic (exact) mass is 333 g/mol. The molecule has 1 aliphatic heterocycles. The standard InChI is InChI=1S/C15H15N3O4S/c1-20-8-18-10-6-9(15(19)22-3)11(21-2)7-12(10)23-14-13(18)16-4-5-17-14/h4-7H,8H2,1-3H3. The number of carbonyl (C=O) groups is 1. The lowest BCUT2D eigenvalue weighted by atomic mass is 10.1. The van der Waals surface area contributed by atoms with Crippen molar-refractivity contribution >= 4 is 29.2 Å². The molecule has 2 heterocycles. The second-order valence-corrected chi connectivity index (χ2v) is 5.68. The summed E-state index contributed by atoms with van der Waals surface area (Å²) in [5, 5.41) is 0.768. The fourth-order valence-corrected chi connectivity index (χ4v) is 3.35. The van der Waals surface area contributed by atoms with Gasteiger partial charge in [0.25, 0.3) is 0 Å². The number of rotatable bonds is 4. The van der Waals surface area contributed by atoms with Crippen molar-refractivity contribution in [2.45, 2.75) is 9.92 Å². The zero-order valence-electron chi connectivity index (χ0n) is 12.9. The Hall–Kier alpha value is -2.32. The Labute approximate surface area is 137 Å². The van der Waals surface area contributed by atoms with Crippen molar-refractivity contribution in [1.82, 2.24) is 9.97 Å². The summed E-state index contributed by atoms with van der Waals surface area (Å²) in [6.07, 6.45) is 3.26. The molecule has 0 amide bonds. The highest BCUT2D eigenvalue weighted by molar-refractivity contribution is 7.99. The average Bonchev–Trinajstić information content (AvgIpc) is 2.59. The van der Waals surface area contributed by atoms with Gasteiger partial charge in [-0.3, -0.25) is 4.90 Å². The summed E-state index contributed by atoms with van der Waals surface area (Å²) >= 11 is 1.47. The molecule has 3 rings (SSSR count). The maximum absolute atomic E-state index is 12.0. The van der Waals surface area contributed by atoms with Crippen LogP contribution in [0, 0.1) is 0 Å². The molecule has 120 valence electrons. The predicted molar refractivity (Wildman–Crippen MR) is 84.5 cm³/mol. The Morgan fingerprint density at radius 2 is 2.00 bits per heavy atom. The Morgan fingerprint density at radius 3 is 2.70 bits per heavy atom. The number of benzene rings is 1. The van der Waals surface area contributed by atoms with Crippen LogP contribution in [0.3, 0.4) is 0 Å². The summed E-state index contributed by atoms with van der Waals surface area (Å²) in [5.41, 5.74) is 1.15. The molecule has 0 fully saturated rings. The largest absolute Gasteiger partial charge is 0.496 e. The molecular weight excluding hydrogens is 318 g/mol. The van der Waals surface area contributed by atoms with Gasteiger partial charge in [0.05, 0.1) is 19.9 Å². The average molecular weight is 333 g/mol. The van der Waals surface area contributed by atoms with Crippen molar-refractivity contribution in [2.24, 2.45) is 0 Å². The molecule has 23 heavy (non-hydrogen) atoms. The third-order valence-corrected chi connectivity index (χ3v) is 4.37. The van der Waals surface area contributed by atoms with Crippen LogP contribution in [-0.4, -0.2) is 44.0 Å². The van der Waals surface area contributed by atoms with Crippen molar-refractivity contribution in [3.05, 3.63) is 30.1 Å². The van der Waals surface area contributed by atoms with Crippen LogP contribution in [0.2, 0.25) is 0 Å². The van der Waals surface area contributed by atoms with E-state index in [2.05, 4.69) is 9.97 Å². The lowest BCUT2D eigenvalue weighted by molar-refractivity contribution is 0.0597. The van der Waals surface area contributed by atoms with Crippen molar-refractivity contribution in [1.29, 1.82) is 0 Å². The number of methoxy groups -OCH3 is 3. The second kappa shape index (κ2) is 6.43. The SMILES string of the molecule is COCN1c2cc(C(=O)OC)c(OC)cc2Sc2nccnc21. The van der Waals surface area contributed by atoms with Crippen LogP contribution in [0.5, 0.6) is 5.75 Å². The number of ether oxygens (including phenoxy) is 3. The van der Waals surface area contributed by atoms with Gasteiger partial charge in [0, 0.05) is 24.4 Å². The van der Waals surface area contributed by atoms with Crippen LogP contribution in [0.1, 0.15) is 10.4 Å². The van der Waals surface area contributed by atoms with Crippen LogP contribution in [0.4, 0.5) is 11.5 Å². The normalized spacial score (nSPS) is 12.4. The van der Waals surface area contributed by atoms with Gasteiger partial charge in [-0.15, -0.1) is 0 Å². The number of anilines is 2. The second-order valence-electron chi connectivity index (χ2n) is 4.64. The predicted octanol–water partition coefficient (Wildman–Crippen LogP) is 2.48. The van der Waals surface area contributed by atoms with E-state index in [1.807, 2.05) is 4.90 Å². The summed E-state index contributed by atoms with van der Waals surface area (Å²) in [6, 6.07) is 3.52. The quantitative estimate of drug-likeness (QED) is 0.790. The molecule has 0 unspecified atom stereocenters. The van der Waals surface area contributed by atoms with Gasteiger partial charge in [-0.05, 0) is 12.1 Å². The Morgan fingerprint density at radius 1 is 1.22 bits per heavy atom.